The maximum absolute atomic E-state index is 13.1. The first-order chi connectivity index (χ1) is 14.6. The van der Waals surface area contributed by atoms with Crippen LogP contribution in [0.2, 0.25) is 0 Å². The van der Waals surface area contributed by atoms with Crippen molar-refractivity contribution in [2.75, 3.05) is 31.1 Å². The molecule has 0 aliphatic carbocycles. The highest BCUT2D eigenvalue weighted by molar-refractivity contribution is 5.95. The lowest BCUT2D eigenvalue weighted by Gasteiger charge is -2.34. The van der Waals surface area contributed by atoms with Gasteiger partial charge in [-0.2, -0.15) is 5.10 Å². The molecule has 1 amide bonds. The number of aryl methyl sites for hydroxylation is 1. The molecule has 160 valence electrons. The maximum Gasteiger partial charge on any atom is 0.269 e. The van der Waals surface area contributed by atoms with Gasteiger partial charge in [-0.05, 0) is 43.7 Å². The molecule has 1 aromatic heterocycles. The molecule has 7 nitrogen and oxygen atoms in total. The monoisotopic (exact) mass is 410 g/mol. The molecule has 0 saturated carbocycles. The van der Waals surface area contributed by atoms with Crippen molar-refractivity contribution < 1.29 is 9.90 Å². The Balaban J connectivity index is 1.49. The molecule has 0 unspecified atom stereocenters. The fourth-order valence-electron chi connectivity index (χ4n) is 4.53. The first-order valence-corrected chi connectivity index (χ1v) is 11.0. The topological polar surface area (TPSA) is 78.7 Å². The Morgan fingerprint density at radius 3 is 2.67 bits per heavy atom. The number of amides is 1. The minimum Gasteiger partial charge on any atom is -0.393 e. The van der Waals surface area contributed by atoms with E-state index in [2.05, 4.69) is 16.9 Å². The van der Waals surface area contributed by atoms with E-state index in [4.69, 9.17) is 0 Å². The summed E-state index contributed by atoms with van der Waals surface area (Å²) in [5, 5.41) is 14.1. The highest BCUT2D eigenvalue weighted by Gasteiger charge is 2.28. The number of nitrogens with zero attached hydrogens (tertiary/aromatic N) is 4. The SMILES string of the molecule is CCc1ccccc1C(=O)N1CCC[C@@H](n2ncc(N3CCC(O)CC3)cc2=O)C1. The van der Waals surface area contributed by atoms with E-state index in [-0.39, 0.29) is 23.6 Å². The predicted octanol–water partition coefficient (Wildman–Crippen LogP) is 2.24. The van der Waals surface area contributed by atoms with E-state index in [9.17, 15) is 14.7 Å². The van der Waals surface area contributed by atoms with Gasteiger partial charge >= 0.3 is 0 Å². The van der Waals surface area contributed by atoms with Crippen molar-refractivity contribution in [1.82, 2.24) is 14.7 Å². The summed E-state index contributed by atoms with van der Waals surface area (Å²) in [6.07, 6.45) is 5.41. The smallest absolute Gasteiger partial charge is 0.269 e. The molecular weight excluding hydrogens is 380 g/mol. The number of hydrogen-bond donors (Lipinski definition) is 1. The minimum absolute atomic E-state index is 0.0358. The van der Waals surface area contributed by atoms with Gasteiger partial charge < -0.3 is 14.9 Å². The number of aliphatic hydroxyl groups excluding tert-OH is 1. The molecule has 7 heteroatoms. The molecular formula is C23H30N4O3. The first-order valence-electron chi connectivity index (χ1n) is 11.0. The zero-order valence-electron chi connectivity index (χ0n) is 17.5. The Morgan fingerprint density at radius 1 is 1.17 bits per heavy atom. The van der Waals surface area contributed by atoms with Gasteiger partial charge in [0.2, 0.25) is 0 Å². The van der Waals surface area contributed by atoms with Gasteiger partial charge in [0.25, 0.3) is 11.5 Å². The van der Waals surface area contributed by atoms with Crippen LogP contribution in [0.25, 0.3) is 0 Å². The third kappa shape index (κ3) is 4.26. The van der Waals surface area contributed by atoms with Crippen LogP contribution in [0.3, 0.4) is 0 Å². The van der Waals surface area contributed by atoms with Crippen molar-refractivity contribution in [1.29, 1.82) is 0 Å². The van der Waals surface area contributed by atoms with E-state index in [0.29, 0.717) is 25.9 Å². The molecule has 1 N–H and O–H groups in total. The molecule has 1 aromatic carbocycles. The second kappa shape index (κ2) is 9.00. The average molecular weight is 411 g/mol. The van der Waals surface area contributed by atoms with Gasteiger partial charge in [-0.3, -0.25) is 9.59 Å². The van der Waals surface area contributed by atoms with Gasteiger partial charge in [-0.25, -0.2) is 4.68 Å². The van der Waals surface area contributed by atoms with Crippen molar-refractivity contribution in [2.45, 2.75) is 51.2 Å². The van der Waals surface area contributed by atoms with Gasteiger partial charge in [-0.1, -0.05) is 25.1 Å². The van der Waals surface area contributed by atoms with Gasteiger partial charge in [-0.15, -0.1) is 0 Å². The molecule has 0 radical (unpaired) electrons. The van der Waals surface area contributed by atoms with Crippen molar-refractivity contribution in [3.63, 3.8) is 0 Å². The summed E-state index contributed by atoms with van der Waals surface area (Å²) >= 11 is 0. The largest absolute Gasteiger partial charge is 0.393 e. The maximum atomic E-state index is 13.1. The lowest BCUT2D eigenvalue weighted by molar-refractivity contribution is 0.0668. The molecule has 2 aliphatic rings. The molecule has 4 rings (SSSR count). The summed E-state index contributed by atoms with van der Waals surface area (Å²) in [6, 6.07) is 9.28. The first kappa shape index (κ1) is 20.6. The number of aromatic nitrogens is 2. The summed E-state index contributed by atoms with van der Waals surface area (Å²) in [5.41, 5.74) is 2.48. The van der Waals surface area contributed by atoms with Crippen molar-refractivity contribution in [3.05, 3.63) is 58.0 Å². The molecule has 3 heterocycles. The number of hydrogen-bond acceptors (Lipinski definition) is 5. The Labute approximate surface area is 176 Å². The van der Waals surface area contributed by atoms with Gasteiger partial charge in [0.1, 0.15) is 0 Å². The number of anilines is 1. The molecule has 2 saturated heterocycles. The molecule has 30 heavy (non-hydrogen) atoms. The van der Waals surface area contributed by atoms with E-state index in [1.54, 1.807) is 12.3 Å². The lowest BCUT2D eigenvalue weighted by atomic mass is 10.0. The van der Waals surface area contributed by atoms with E-state index in [1.165, 1.54) is 4.68 Å². The fourth-order valence-corrected chi connectivity index (χ4v) is 4.53. The van der Waals surface area contributed by atoms with Crippen LogP contribution in [-0.4, -0.2) is 58.0 Å². The van der Waals surface area contributed by atoms with E-state index in [1.807, 2.05) is 29.2 Å². The van der Waals surface area contributed by atoms with Crippen LogP contribution in [0, 0.1) is 0 Å². The lowest BCUT2D eigenvalue weighted by Crippen LogP contribution is -2.44. The predicted molar refractivity (Wildman–Crippen MR) is 116 cm³/mol. The second-order valence-electron chi connectivity index (χ2n) is 8.27. The zero-order chi connectivity index (χ0) is 21.1. The number of carbonyl (C=O) groups excluding carboxylic acids is 1. The molecule has 0 bridgehead atoms. The van der Waals surface area contributed by atoms with Crippen LogP contribution >= 0.6 is 0 Å². The van der Waals surface area contributed by atoms with Gasteiger partial charge in [0.15, 0.2) is 0 Å². The molecule has 0 spiro atoms. The summed E-state index contributed by atoms with van der Waals surface area (Å²) in [4.78, 5) is 29.9. The quantitative estimate of drug-likeness (QED) is 0.836. The van der Waals surface area contributed by atoms with E-state index < -0.39 is 0 Å². The Hall–Kier alpha value is -2.67. The zero-order valence-corrected chi connectivity index (χ0v) is 17.5. The van der Waals surface area contributed by atoms with Crippen LogP contribution in [0.1, 0.15) is 54.6 Å². The number of benzene rings is 1. The standard InChI is InChI=1S/C23H30N4O3/c1-2-17-6-3-4-8-21(17)23(30)26-11-5-7-18(16-26)27-22(29)14-19(15-24-27)25-12-9-20(28)10-13-25/h3-4,6,8,14-15,18,20,28H,2,5,7,9-13,16H2,1H3/t18-/m1/s1. The second-order valence-corrected chi connectivity index (χ2v) is 8.27. The van der Waals surface area contributed by atoms with Gasteiger partial charge in [0.05, 0.1) is 24.0 Å². The van der Waals surface area contributed by atoms with Crippen molar-refractivity contribution in [2.24, 2.45) is 0 Å². The van der Waals surface area contributed by atoms with Crippen molar-refractivity contribution >= 4 is 11.6 Å². The van der Waals surface area contributed by atoms with Gasteiger partial charge in [0, 0.05) is 37.8 Å². The van der Waals surface area contributed by atoms with Crippen LogP contribution in [-0.2, 0) is 6.42 Å². The van der Waals surface area contributed by atoms with E-state index >= 15 is 0 Å². The average Bonchev–Trinajstić information content (AvgIpc) is 2.79. The number of aliphatic hydroxyl groups is 1. The van der Waals surface area contributed by atoms with Crippen LogP contribution in [0.15, 0.2) is 41.3 Å². The Morgan fingerprint density at radius 2 is 1.93 bits per heavy atom. The molecule has 2 aliphatic heterocycles. The third-order valence-electron chi connectivity index (χ3n) is 6.30. The normalized spacial score (nSPS) is 20.4. The Bertz CT molecular complexity index is 949. The highest BCUT2D eigenvalue weighted by atomic mass is 16.3. The summed E-state index contributed by atoms with van der Waals surface area (Å²) in [5.74, 6) is 0.0358. The summed E-state index contributed by atoms with van der Waals surface area (Å²) in [7, 11) is 0. The fraction of sp³-hybridized carbons (Fsp3) is 0.522. The van der Waals surface area contributed by atoms with Crippen molar-refractivity contribution in [3.8, 4) is 0 Å². The third-order valence-corrected chi connectivity index (χ3v) is 6.30. The van der Waals surface area contributed by atoms with Crippen LogP contribution < -0.4 is 10.5 Å². The number of carbonyl (C=O) groups is 1. The number of rotatable bonds is 4. The number of likely N-dealkylation sites (tertiary alicyclic amines) is 1. The summed E-state index contributed by atoms with van der Waals surface area (Å²) in [6.45, 7) is 4.72. The van der Waals surface area contributed by atoms with E-state index in [0.717, 1.165) is 49.2 Å². The van der Waals surface area contributed by atoms with Crippen LogP contribution in [0.5, 0.6) is 0 Å². The van der Waals surface area contributed by atoms with Crippen LogP contribution in [0.4, 0.5) is 5.69 Å². The number of piperidine rings is 2. The minimum atomic E-state index is -0.252. The highest BCUT2D eigenvalue weighted by Crippen LogP contribution is 2.23. The summed E-state index contributed by atoms with van der Waals surface area (Å²) < 4.78 is 1.54. The Kier molecular flexibility index (Phi) is 6.18. The molecule has 2 aromatic rings. The molecule has 1 atom stereocenters. The molecule has 2 fully saturated rings.